The number of amidine groups is 1. The SMILES string of the molecule is CCN1C(C)N=C([N+](=O)[O-])C1Cl. The molecule has 6 heteroatoms. The van der Waals surface area contributed by atoms with E-state index in [1.807, 2.05) is 6.92 Å². The fourth-order valence-corrected chi connectivity index (χ4v) is 1.66. The number of likely N-dealkylation sites (N-methyl/N-ethyl adjacent to an activating group) is 1. The quantitative estimate of drug-likeness (QED) is 0.268. The predicted octanol–water partition coefficient (Wildman–Crippen LogP) is 0.908. The number of alkyl halides is 1. The molecule has 1 aliphatic heterocycles. The Morgan fingerprint density at radius 2 is 2.42 bits per heavy atom. The number of nitrogens with zero attached hydrogens (tertiary/aromatic N) is 3. The first-order chi connectivity index (χ1) is 5.57. The van der Waals surface area contributed by atoms with Crippen LogP contribution in [0.4, 0.5) is 0 Å². The van der Waals surface area contributed by atoms with Gasteiger partial charge < -0.3 is 10.1 Å². The van der Waals surface area contributed by atoms with Crippen LogP contribution in [0.5, 0.6) is 0 Å². The molecule has 0 saturated heterocycles. The summed E-state index contributed by atoms with van der Waals surface area (Å²) in [4.78, 5) is 15.4. The van der Waals surface area contributed by atoms with Gasteiger partial charge in [0.25, 0.3) is 0 Å². The van der Waals surface area contributed by atoms with Crippen molar-refractivity contribution in [1.29, 1.82) is 0 Å². The predicted molar refractivity (Wildman–Crippen MR) is 45.9 cm³/mol. The number of rotatable bonds is 1. The van der Waals surface area contributed by atoms with Crippen LogP contribution in [0.3, 0.4) is 0 Å². The molecule has 0 aromatic rings. The Bertz CT molecular complexity index is 231. The summed E-state index contributed by atoms with van der Waals surface area (Å²) in [6, 6.07) is 0. The molecule has 0 spiro atoms. The van der Waals surface area contributed by atoms with Gasteiger partial charge in [-0.2, -0.15) is 0 Å². The lowest BCUT2D eigenvalue weighted by Crippen LogP contribution is -2.36. The number of hydrogen-bond donors (Lipinski definition) is 0. The lowest BCUT2D eigenvalue weighted by Gasteiger charge is -2.16. The summed E-state index contributed by atoms with van der Waals surface area (Å²) < 4.78 is 0. The molecule has 2 unspecified atom stereocenters. The van der Waals surface area contributed by atoms with Crippen LogP contribution in [0.1, 0.15) is 13.8 Å². The lowest BCUT2D eigenvalue weighted by atomic mass is 10.4. The van der Waals surface area contributed by atoms with Gasteiger partial charge in [-0.25, -0.2) is 4.90 Å². The molecule has 12 heavy (non-hydrogen) atoms. The molecule has 0 saturated carbocycles. The number of aliphatic imine (C=N–C) groups is 1. The summed E-state index contributed by atoms with van der Waals surface area (Å²) in [5, 5.41) is 10.4. The van der Waals surface area contributed by atoms with Crippen molar-refractivity contribution in [1.82, 2.24) is 4.90 Å². The van der Waals surface area contributed by atoms with E-state index in [4.69, 9.17) is 11.6 Å². The van der Waals surface area contributed by atoms with Crippen molar-refractivity contribution in [3.05, 3.63) is 10.1 Å². The zero-order valence-electron chi connectivity index (χ0n) is 6.90. The average Bonchev–Trinajstić information content (AvgIpc) is 2.27. The van der Waals surface area contributed by atoms with Gasteiger partial charge in [0, 0.05) is 6.54 Å². The molecule has 0 aliphatic carbocycles. The monoisotopic (exact) mass is 191 g/mol. The summed E-state index contributed by atoms with van der Waals surface area (Å²) in [6.07, 6.45) is -0.183. The Morgan fingerprint density at radius 1 is 1.83 bits per heavy atom. The molecule has 0 aromatic carbocycles. The van der Waals surface area contributed by atoms with Crippen molar-refractivity contribution in [2.45, 2.75) is 25.5 Å². The highest BCUT2D eigenvalue weighted by Crippen LogP contribution is 2.19. The maximum Gasteiger partial charge on any atom is 0.367 e. The molecule has 0 radical (unpaired) electrons. The second kappa shape index (κ2) is 3.37. The molecule has 1 aliphatic rings. The molecule has 1 heterocycles. The average molecular weight is 192 g/mol. The molecule has 0 N–H and O–H groups in total. The van der Waals surface area contributed by atoms with E-state index in [0.29, 0.717) is 6.54 Å². The van der Waals surface area contributed by atoms with E-state index in [0.717, 1.165) is 0 Å². The third-order valence-corrected chi connectivity index (χ3v) is 2.30. The summed E-state index contributed by atoms with van der Waals surface area (Å²) >= 11 is 5.79. The Morgan fingerprint density at radius 3 is 2.67 bits per heavy atom. The highest BCUT2D eigenvalue weighted by molar-refractivity contribution is 6.30. The fourth-order valence-electron chi connectivity index (χ4n) is 1.22. The van der Waals surface area contributed by atoms with Crippen LogP contribution in [-0.4, -0.2) is 33.9 Å². The molecule has 2 atom stereocenters. The van der Waals surface area contributed by atoms with Crippen molar-refractivity contribution < 1.29 is 4.92 Å². The maximum absolute atomic E-state index is 10.4. The van der Waals surface area contributed by atoms with Gasteiger partial charge in [0.15, 0.2) is 11.7 Å². The second-order valence-electron chi connectivity index (χ2n) is 2.54. The zero-order valence-corrected chi connectivity index (χ0v) is 7.65. The molecular weight excluding hydrogens is 182 g/mol. The maximum atomic E-state index is 10.4. The minimum Gasteiger partial charge on any atom is -0.358 e. The van der Waals surface area contributed by atoms with Crippen LogP contribution >= 0.6 is 11.6 Å². The van der Waals surface area contributed by atoms with Gasteiger partial charge in [-0.1, -0.05) is 23.5 Å². The Labute approximate surface area is 75.2 Å². The van der Waals surface area contributed by atoms with Crippen molar-refractivity contribution in [3.8, 4) is 0 Å². The van der Waals surface area contributed by atoms with Crippen LogP contribution < -0.4 is 0 Å². The van der Waals surface area contributed by atoms with Crippen LogP contribution in [0, 0.1) is 10.1 Å². The third kappa shape index (κ3) is 1.42. The first kappa shape index (κ1) is 9.41. The normalized spacial score (nSPS) is 30.4. The van der Waals surface area contributed by atoms with Gasteiger partial charge in [0.2, 0.25) is 0 Å². The summed E-state index contributed by atoms with van der Waals surface area (Å²) in [7, 11) is 0. The molecule has 1 rings (SSSR count). The minimum atomic E-state index is -0.681. The first-order valence-electron chi connectivity index (χ1n) is 3.69. The number of halogens is 1. The van der Waals surface area contributed by atoms with Crippen LogP contribution in [0.25, 0.3) is 0 Å². The molecule has 68 valence electrons. The molecular formula is C6H10ClN3O2. The highest BCUT2D eigenvalue weighted by atomic mass is 35.5. The van der Waals surface area contributed by atoms with E-state index in [1.54, 1.807) is 11.8 Å². The topological polar surface area (TPSA) is 58.7 Å². The molecule has 0 aromatic heterocycles. The van der Waals surface area contributed by atoms with Crippen LogP contribution in [0.2, 0.25) is 0 Å². The van der Waals surface area contributed by atoms with Gasteiger partial charge in [0.05, 0.1) is 0 Å². The summed E-state index contributed by atoms with van der Waals surface area (Å²) in [5.41, 5.74) is -0.681. The molecule has 5 nitrogen and oxygen atoms in total. The van der Waals surface area contributed by atoms with Gasteiger partial charge in [-0.3, -0.25) is 0 Å². The van der Waals surface area contributed by atoms with E-state index in [2.05, 4.69) is 4.99 Å². The van der Waals surface area contributed by atoms with Crippen molar-refractivity contribution in [3.63, 3.8) is 0 Å². The van der Waals surface area contributed by atoms with Crippen molar-refractivity contribution >= 4 is 17.4 Å². The van der Waals surface area contributed by atoms with E-state index in [-0.39, 0.29) is 12.0 Å². The highest BCUT2D eigenvalue weighted by Gasteiger charge is 2.41. The van der Waals surface area contributed by atoms with Crippen LogP contribution in [-0.2, 0) is 0 Å². The third-order valence-electron chi connectivity index (χ3n) is 1.86. The minimum absolute atomic E-state index is 0.147. The Kier molecular flexibility index (Phi) is 2.64. The van der Waals surface area contributed by atoms with E-state index >= 15 is 0 Å². The van der Waals surface area contributed by atoms with Gasteiger partial charge in [-0.05, 0) is 11.8 Å². The Balaban J connectivity index is 2.81. The summed E-state index contributed by atoms with van der Waals surface area (Å²) in [6.45, 7) is 4.34. The standard InChI is InChI=1S/C6H10ClN3O2/c1-3-9-4(2)8-6(5(9)7)10(11)12/h4-5H,3H2,1-2H3. The fraction of sp³-hybridized carbons (Fsp3) is 0.833. The largest absolute Gasteiger partial charge is 0.367 e. The number of hydrogen-bond acceptors (Lipinski definition) is 4. The van der Waals surface area contributed by atoms with Gasteiger partial charge in [0.1, 0.15) is 0 Å². The van der Waals surface area contributed by atoms with E-state index < -0.39 is 10.4 Å². The first-order valence-corrected chi connectivity index (χ1v) is 4.13. The van der Waals surface area contributed by atoms with Crippen molar-refractivity contribution in [2.24, 2.45) is 4.99 Å². The van der Waals surface area contributed by atoms with Crippen molar-refractivity contribution in [2.75, 3.05) is 6.54 Å². The zero-order chi connectivity index (χ0) is 9.30. The smallest absolute Gasteiger partial charge is 0.358 e. The van der Waals surface area contributed by atoms with E-state index in [1.165, 1.54) is 0 Å². The lowest BCUT2D eigenvalue weighted by molar-refractivity contribution is -0.353. The number of nitro groups is 1. The Hall–Kier alpha value is -0.680. The van der Waals surface area contributed by atoms with Gasteiger partial charge in [-0.15, -0.1) is 0 Å². The van der Waals surface area contributed by atoms with Crippen LogP contribution in [0.15, 0.2) is 4.99 Å². The summed E-state index contributed by atoms with van der Waals surface area (Å²) in [5.74, 6) is -0.147. The molecule has 0 amide bonds. The van der Waals surface area contributed by atoms with Gasteiger partial charge >= 0.3 is 5.84 Å². The molecule has 0 bridgehead atoms. The second-order valence-corrected chi connectivity index (χ2v) is 2.96. The molecule has 0 fully saturated rings. The van der Waals surface area contributed by atoms with E-state index in [9.17, 15) is 10.1 Å².